The molecule has 1 nitrogen and oxygen atoms in total. The fraction of sp³-hybridized carbons (Fsp3) is 0.667. The van der Waals surface area contributed by atoms with Gasteiger partial charge in [0.05, 0.1) is 0 Å². The fourth-order valence-electron chi connectivity index (χ4n) is 0.997. The van der Waals surface area contributed by atoms with Crippen molar-refractivity contribution in [1.82, 2.24) is 0 Å². The van der Waals surface area contributed by atoms with Crippen LogP contribution in [0.3, 0.4) is 0 Å². The molecular formula is C12H23Cl2NTi. The molecule has 0 aromatic carbocycles. The molecule has 0 saturated heterocycles. The Bertz CT molecular complexity index is 206. The van der Waals surface area contributed by atoms with Gasteiger partial charge >= 0.3 is 21.7 Å². The molecule has 0 radical (unpaired) electrons. The van der Waals surface area contributed by atoms with Crippen LogP contribution in [0.2, 0.25) is 0 Å². The molecule has 0 aliphatic heterocycles. The maximum atomic E-state index is 6.94. The van der Waals surface area contributed by atoms with E-state index >= 15 is 0 Å². The van der Waals surface area contributed by atoms with Gasteiger partial charge in [-0.2, -0.15) is 6.08 Å². The second-order valence-electron chi connectivity index (χ2n) is 4.66. The third-order valence-electron chi connectivity index (χ3n) is 1.54. The van der Waals surface area contributed by atoms with Crippen molar-refractivity contribution >= 4 is 24.8 Å². The Morgan fingerprint density at radius 2 is 1.50 bits per heavy atom. The van der Waals surface area contributed by atoms with E-state index < -0.39 is 0 Å². The second kappa shape index (κ2) is 10.9. The minimum atomic E-state index is -0.250. The molecule has 0 saturated carbocycles. The molecule has 1 N–H and O–H groups in total. The molecule has 1 atom stereocenters. The predicted molar refractivity (Wildman–Crippen MR) is 73.9 cm³/mol. The van der Waals surface area contributed by atoms with E-state index in [1.807, 2.05) is 20.8 Å². The number of allylic oxidation sites excluding steroid dienone is 4. The molecule has 94 valence electrons. The summed E-state index contributed by atoms with van der Waals surface area (Å²) in [5, 5.41) is 0. The van der Waals surface area contributed by atoms with Crippen LogP contribution < -0.4 is 0 Å². The summed E-state index contributed by atoms with van der Waals surface area (Å²) in [6.45, 7) is 12.0. The molecule has 4 heteroatoms. The maximum Gasteiger partial charge on any atom is 2.00 e. The number of hydrogen-bond donors (Lipinski definition) is 0. The van der Waals surface area contributed by atoms with E-state index in [1.54, 1.807) is 0 Å². The van der Waals surface area contributed by atoms with Gasteiger partial charge in [0.2, 0.25) is 0 Å². The monoisotopic (exact) mass is 299 g/mol. The Labute approximate surface area is 128 Å². The zero-order chi connectivity index (χ0) is 10.6. The summed E-state index contributed by atoms with van der Waals surface area (Å²) in [6.07, 6.45) is 5.52. The Morgan fingerprint density at radius 3 is 1.56 bits per heavy atom. The first-order chi connectivity index (χ1) is 5.70. The molecular weight excluding hydrogens is 277 g/mol. The van der Waals surface area contributed by atoms with E-state index in [1.165, 1.54) is 11.1 Å². The molecule has 0 aromatic rings. The molecule has 0 spiro atoms. The van der Waals surface area contributed by atoms with Gasteiger partial charge in [-0.15, -0.1) is 37.3 Å². The van der Waals surface area contributed by atoms with Crippen LogP contribution in [-0.4, -0.2) is 5.54 Å². The van der Waals surface area contributed by atoms with E-state index in [4.69, 9.17) is 5.73 Å². The van der Waals surface area contributed by atoms with Gasteiger partial charge < -0.3 is 5.73 Å². The quantitative estimate of drug-likeness (QED) is 0.443. The Balaban J connectivity index is -0.0000000818. The number of hydrogen-bond acceptors (Lipinski definition) is 0. The van der Waals surface area contributed by atoms with Crippen molar-refractivity contribution in [3.05, 3.63) is 29.0 Å². The standard InChI is InChI=1S/C8H11.C4H10N.2ClH.Ti/c1-6-4-7(2)8(3)5-6;1-4(2,3)5;;;/h4,6H,1-3H3;5H,1-3H3;2*1H;/q2*-1;;;+2. The minimum absolute atomic E-state index is 0. The molecule has 0 heterocycles. The Hall–Kier alpha value is 0.734. The summed E-state index contributed by atoms with van der Waals surface area (Å²) in [5.74, 6) is 0.551. The van der Waals surface area contributed by atoms with Gasteiger partial charge in [0.25, 0.3) is 0 Å². The topological polar surface area (TPSA) is 23.8 Å². The second-order valence-corrected chi connectivity index (χ2v) is 4.66. The third kappa shape index (κ3) is 17.1. The van der Waals surface area contributed by atoms with Crippen LogP contribution in [0.4, 0.5) is 0 Å². The Morgan fingerprint density at radius 1 is 1.19 bits per heavy atom. The molecule has 0 fully saturated rings. The van der Waals surface area contributed by atoms with Crippen LogP contribution in [0.15, 0.2) is 17.2 Å². The van der Waals surface area contributed by atoms with Crippen molar-refractivity contribution in [1.29, 1.82) is 0 Å². The van der Waals surface area contributed by atoms with Gasteiger partial charge in [-0.1, -0.05) is 40.5 Å². The van der Waals surface area contributed by atoms with E-state index in [9.17, 15) is 0 Å². The van der Waals surface area contributed by atoms with E-state index in [0.29, 0.717) is 5.92 Å². The van der Waals surface area contributed by atoms with Crippen molar-refractivity contribution in [2.24, 2.45) is 5.92 Å². The SMILES string of the molecule is CC(C)(C)[NH-].CC1=[C-]C(C)C=C1C.Cl.Cl.[Ti+2]. The zero-order valence-electron chi connectivity index (χ0n) is 11.0. The zero-order valence-corrected chi connectivity index (χ0v) is 14.2. The summed E-state index contributed by atoms with van der Waals surface area (Å²) in [5.41, 5.74) is 9.39. The summed E-state index contributed by atoms with van der Waals surface area (Å²) in [6, 6.07) is 0. The van der Waals surface area contributed by atoms with E-state index in [2.05, 4.69) is 32.9 Å². The first kappa shape index (κ1) is 25.5. The molecule has 1 rings (SSSR count). The molecule has 0 bridgehead atoms. The predicted octanol–water partition coefficient (Wildman–Crippen LogP) is 5.01. The third-order valence-corrected chi connectivity index (χ3v) is 1.54. The average Bonchev–Trinajstić information content (AvgIpc) is 2.05. The summed E-state index contributed by atoms with van der Waals surface area (Å²) < 4.78 is 0. The molecule has 1 aliphatic rings. The molecule has 0 amide bonds. The van der Waals surface area contributed by atoms with Crippen LogP contribution in [0, 0.1) is 12.0 Å². The molecule has 0 aromatic heterocycles. The van der Waals surface area contributed by atoms with Gasteiger partial charge in [0.1, 0.15) is 0 Å². The van der Waals surface area contributed by atoms with Crippen LogP contribution in [0.5, 0.6) is 0 Å². The van der Waals surface area contributed by atoms with Gasteiger partial charge in [0, 0.05) is 0 Å². The van der Waals surface area contributed by atoms with Crippen molar-refractivity contribution in [2.75, 3.05) is 0 Å². The van der Waals surface area contributed by atoms with Crippen LogP contribution in [-0.2, 0) is 21.7 Å². The number of halogens is 2. The van der Waals surface area contributed by atoms with Crippen molar-refractivity contribution in [3.8, 4) is 0 Å². The van der Waals surface area contributed by atoms with Gasteiger partial charge in [-0.05, 0) is 0 Å². The molecule has 16 heavy (non-hydrogen) atoms. The van der Waals surface area contributed by atoms with Crippen molar-refractivity contribution in [3.63, 3.8) is 0 Å². The van der Waals surface area contributed by atoms with Gasteiger partial charge in [0.15, 0.2) is 0 Å². The average molecular weight is 300 g/mol. The Kier molecular flexibility index (Phi) is 17.3. The number of rotatable bonds is 0. The smallest absolute Gasteiger partial charge is 0.673 e. The van der Waals surface area contributed by atoms with Crippen LogP contribution in [0.1, 0.15) is 41.5 Å². The number of nitrogens with one attached hydrogen (secondary N) is 1. The fourth-order valence-corrected chi connectivity index (χ4v) is 0.997. The largest absolute Gasteiger partial charge is 2.00 e. The maximum absolute atomic E-state index is 6.94. The van der Waals surface area contributed by atoms with E-state index in [-0.39, 0.29) is 52.1 Å². The van der Waals surface area contributed by atoms with Crippen molar-refractivity contribution < 1.29 is 21.7 Å². The van der Waals surface area contributed by atoms with Crippen LogP contribution in [0.25, 0.3) is 5.73 Å². The van der Waals surface area contributed by atoms with Crippen molar-refractivity contribution in [2.45, 2.75) is 47.1 Å². The molecule has 1 unspecified atom stereocenters. The van der Waals surface area contributed by atoms with Crippen LogP contribution >= 0.6 is 24.8 Å². The van der Waals surface area contributed by atoms with E-state index in [0.717, 1.165) is 0 Å². The summed E-state index contributed by atoms with van der Waals surface area (Å²) >= 11 is 0. The first-order valence-electron chi connectivity index (χ1n) is 4.74. The summed E-state index contributed by atoms with van der Waals surface area (Å²) in [7, 11) is 0. The molecule has 1 aliphatic carbocycles. The van der Waals surface area contributed by atoms with Gasteiger partial charge in [-0.3, -0.25) is 6.08 Å². The normalized spacial score (nSPS) is 17.6. The summed E-state index contributed by atoms with van der Waals surface area (Å²) in [4.78, 5) is 0. The van der Waals surface area contributed by atoms with Gasteiger partial charge in [-0.25, -0.2) is 11.1 Å². The first-order valence-corrected chi connectivity index (χ1v) is 4.74. The minimum Gasteiger partial charge on any atom is -0.673 e.